The molecule has 3 nitrogen and oxygen atoms in total. The molecule has 0 heterocycles. The van der Waals surface area contributed by atoms with E-state index in [0.717, 1.165) is 30.4 Å². The van der Waals surface area contributed by atoms with E-state index in [-0.39, 0.29) is 0 Å². The molecule has 1 aromatic carbocycles. The molecule has 0 fully saturated rings. The van der Waals surface area contributed by atoms with Gasteiger partial charge in [-0.25, -0.2) is 0 Å². The number of nitrogen functional groups attached to an aromatic ring is 1. The summed E-state index contributed by atoms with van der Waals surface area (Å²) in [6, 6.07) is 5.83. The van der Waals surface area contributed by atoms with E-state index in [1.54, 1.807) is 7.11 Å². The number of hydrogen-bond donors (Lipinski definition) is 2. The predicted molar refractivity (Wildman–Crippen MR) is 87.0 cm³/mol. The number of ether oxygens (including phenoxy) is 1. The summed E-state index contributed by atoms with van der Waals surface area (Å²) in [4.78, 5) is 0. The van der Waals surface area contributed by atoms with Gasteiger partial charge in [0, 0.05) is 23.9 Å². The molecule has 0 radical (unpaired) electrons. The summed E-state index contributed by atoms with van der Waals surface area (Å²) in [7, 11) is 1.69. The van der Waals surface area contributed by atoms with Gasteiger partial charge < -0.3 is 15.8 Å². The van der Waals surface area contributed by atoms with Gasteiger partial charge in [-0.15, -0.1) is 0 Å². The van der Waals surface area contributed by atoms with Crippen LogP contribution in [0.2, 0.25) is 0 Å². The Balaban J connectivity index is 2.12. The fraction of sp³-hybridized carbons (Fsp3) is 0.647. The molecule has 1 aromatic rings. The highest BCUT2D eigenvalue weighted by atomic mass is 16.5. The summed E-state index contributed by atoms with van der Waals surface area (Å²) in [6.45, 7) is 6.49. The molecule has 0 saturated heterocycles. The van der Waals surface area contributed by atoms with Crippen LogP contribution in [0.15, 0.2) is 18.2 Å². The first kappa shape index (κ1) is 16.8. The van der Waals surface area contributed by atoms with Crippen LogP contribution in [0.4, 0.5) is 5.69 Å². The lowest BCUT2D eigenvalue weighted by Crippen LogP contribution is -2.15. The average molecular weight is 278 g/mol. The summed E-state index contributed by atoms with van der Waals surface area (Å²) in [5, 5.41) is 3.47. The molecule has 0 bridgehead atoms. The van der Waals surface area contributed by atoms with E-state index >= 15 is 0 Å². The topological polar surface area (TPSA) is 47.3 Å². The van der Waals surface area contributed by atoms with Crippen molar-refractivity contribution in [3.8, 4) is 5.75 Å². The van der Waals surface area contributed by atoms with Crippen molar-refractivity contribution in [2.45, 2.75) is 52.5 Å². The lowest BCUT2D eigenvalue weighted by atomic mass is 10.0. The normalized spacial score (nSPS) is 11.0. The number of methoxy groups -OCH3 is 1. The lowest BCUT2D eigenvalue weighted by Gasteiger charge is -2.10. The number of nitrogens with two attached hydrogens (primary N) is 1. The number of unbranched alkanes of at least 4 members (excludes halogenated alkanes) is 3. The number of nitrogens with one attached hydrogen (secondary N) is 1. The maximum absolute atomic E-state index is 5.75. The number of benzene rings is 1. The summed E-state index contributed by atoms with van der Waals surface area (Å²) in [5.41, 5.74) is 7.66. The van der Waals surface area contributed by atoms with Gasteiger partial charge in [0.1, 0.15) is 5.75 Å². The third kappa shape index (κ3) is 6.80. The van der Waals surface area contributed by atoms with Crippen molar-refractivity contribution in [1.29, 1.82) is 0 Å². The van der Waals surface area contributed by atoms with Gasteiger partial charge in [-0.05, 0) is 24.9 Å². The molecular formula is C17H30N2O. The zero-order chi connectivity index (χ0) is 14.8. The van der Waals surface area contributed by atoms with E-state index < -0.39 is 0 Å². The molecule has 3 heteroatoms. The summed E-state index contributed by atoms with van der Waals surface area (Å²) in [6.07, 6.45) is 6.64. The molecule has 0 aromatic heterocycles. The van der Waals surface area contributed by atoms with E-state index in [1.807, 2.05) is 18.2 Å². The first-order valence-electron chi connectivity index (χ1n) is 7.76. The molecule has 0 atom stereocenters. The Morgan fingerprint density at radius 1 is 1.15 bits per heavy atom. The highest BCUT2D eigenvalue weighted by Crippen LogP contribution is 2.21. The van der Waals surface area contributed by atoms with Gasteiger partial charge in [0.2, 0.25) is 0 Å². The Bertz CT molecular complexity index is 377. The maximum Gasteiger partial charge on any atom is 0.125 e. The number of anilines is 1. The first-order valence-corrected chi connectivity index (χ1v) is 7.76. The van der Waals surface area contributed by atoms with Crippen LogP contribution in [-0.2, 0) is 6.54 Å². The second-order valence-electron chi connectivity index (χ2n) is 5.84. The molecule has 0 aliphatic carbocycles. The summed E-state index contributed by atoms with van der Waals surface area (Å²) in [5.74, 6) is 1.71. The van der Waals surface area contributed by atoms with Gasteiger partial charge in [0.05, 0.1) is 7.11 Å². The van der Waals surface area contributed by atoms with Crippen molar-refractivity contribution in [3.63, 3.8) is 0 Å². The van der Waals surface area contributed by atoms with Crippen molar-refractivity contribution in [1.82, 2.24) is 5.32 Å². The van der Waals surface area contributed by atoms with Gasteiger partial charge in [0.15, 0.2) is 0 Å². The second kappa shape index (κ2) is 9.65. The molecule has 1 rings (SSSR count). The highest BCUT2D eigenvalue weighted by molar-refractivity contribution is 5.48. The van der Waals surface area contributed by atoms with Crippen LogP contribution < -0.4 is 15.8 Å². The smallest absolute Gasteiger partial charge is 0.125 e. The maximum atomic E-state index is 5.75. The molecule has 0 amide bonds. The Labute approximate surface area is 123 Å². The molecule has 0 spiro atoms. The van der Waals surface area contributed by atoms with Gasteiger partial charge in [-0.2, -0.15) is 0 Å². The lowest BCUT2D eigenvalue weighted by molar-refractivity contribution is 0.407. The second-order valence-corrected chi connectivity index (χ2v) is 5.84. The van der Waals surface area contributed by atoms with E-state index in [9.17, 15) is 0 Å². The molecule has 0 unspecified atom stereocenters. The van der Waals surface area contributed by atoms with Gasteiger partial charge in [-0.3, -0.25) is 0 Å². The third-order valence-corrected chi connectivity index (χ3v) is 3.51. The molecule has 0 aliphatic heterocycles. The summed E-state index contributed by atoms with van der Waals surface area (Å²) >= 11 is 0. The molecular weight excluding hydrogens is 248 g/mol. The SMILES string of the molecule is COc1cc(N)ccc1CNCCCCCCC(C)C. The van der Waals surface area contributed by atoms with Gasteiger partial charge >= 0.3 is 0 Å². The van der Waals surface area contributed by atoms with E-state index in [2.05, 4.69) is 19.2 Å². The third-order valence-electron chi connectivity index (χ3n) is 3.51. The van der Waals surface area contributed by atoms with Crippen LogP contribution in [0.5, 0.6) is 5.75 Å². The first-order chi connectivity index (χ1) is 9.63. The number of rotatable bonds is 10. The minimum absolute atomic E-state index is 0.746. The highest BCUT2D eigenvalue weighted by Gasteiger charge is 2.02. The molecule has 3 N–H and O–H groups in total. The Hall–Kier alpha value is -1.22. The molecule has 20 heavy (non-hydrogen) atoms. The largest absolute Gasteiger partial charge is 0.496 e. The van der Waals surface area contributed by atoms with E-state index in [1.165, 1.54) is 37.7 Å². The van der Waals surface area contributed by atoms with Crippen molar-refractivity contribution >= 4 is 5.69 Å². The van der Waals surface area contributed by atoms with E-state index in [4.69, 9.17) is 10.5 Å². The number of hydrogen-bond acceptors (Lipinski definition) is 3. The van der Waals surface area contributed by atoms with E-state index in [0.29, 0.717) is 0 Å². The van der Waals surface area contributed by atoms with Crippen molar-refractivity contribution in [2.24, 2.45) is 5.92 Å². The summed E-state index contributed by atoms with van der Waals surface area (Å²) < 4.78 is 5.34. The Morgan fingerprint density at radius 3 is 2.60 bits per heavy atom. The van der Waals surface area contributed by atoms with Crippen LogP contribution in [0.25, 0.3) is 0 Å². The zero-order valence-corrected chi connectivity index (χ0v) is 13.2. The fourth-order valence-electron chi connectivity index (χ4n) is 2.29. The van der Waals surface area contributed by atoms with Crippen LogP contribution in [0.3, 0.4) is 0 Å². The Kier molecular flexibility index (Phi) is 8.12. The van der Waals surface area contributed by atoms with Crippen molar-refractivity contribution in [3.05, 3.63) is 23.8 Å². The van der Waals surface area contributed by atoms with Crippen LogP contribution >= 0.6 is 0 Å². The van der Waals surface area contributed by atoms with Gasteiger partial charge in [-0.1, -0.05) is 45.6 Å². The van der Waals surface area contributed by atoms with Crippen LogP contribution in [0, 0.1) is 5.92 Å². The van der Waals surface area contributed by atoms with Crippen LogP contribution in [-0.4, -0.2) is 13.7 Å². The average Bonchev–Trinajstić information content (AvgIpc) is 2.42. The standard InChI is InChI=1S/C17H30N2O/c1-14(2)8-6-4-5-7-11-19-13-15-9-10-16(18)12-17(15)20-3/h9-10,12,14,19H,4-8,11,13,18H2,1-3H3. The molecule has 114 valence electrons. The minimum atomic E-state index is 0.746. The minimum Gasteiger partial charge on any atom is -0.496 e. The Morgan fingerprint density at radius 2 is 1.90 bits per heavy atom. The van der Waals surface area contributed by atoms with Gasteiger partial charge in [0.25, 0.3) is 0 Å². The van der Waals surface area contributed by atoms with Crippen molar-refractivity contribution in [2.75, 3.05) is 19.4 Å². The quantitative estimate of drug-likeness (QED) is 0.503. The predicted octanol–water partition coefficient (Wildman–Crippen LogP) is 3.97. The monoisotopic (exact) mass is 278 g/mol. The molecule has 0 aliphatic rings. The molecule has 0 saturated carbocycles. The fourth-order valence-corrected chi connectivity index (χ4v) is 2.29. The van der Waals surface area contributed by atoms with Crippen LogP contribution in [0.1, 0.15) is 51.5 Å². The van der Waals surface area contributed by atoms with Crippen molar-refractivity contribution < 1.29 is 4.74 Å². The zero-order valence-electron chi connectivity index (χ0n) is 13.2.